The van der Waals surface area contributed by atoms with Crippen LogP contribution in [0.25, 0.3) is 0 Å². The van der Waals surface area contributed by atoms with Crippen molar-refractivity contribution in [1.82, 2.24) is 10.5 Å². The van der Waals surface area contributed by atoms with Crippen molar-refractivity contribution in [2.45, 2.75) is 38.0 Å². The number of aromatic nitrogens is 1. The fourth-order valence-corrected chi connectivity index (χ4v) is 3.38. The van der Waals surface area contributed by atoms with E-state index in [1.165, 1.54) is 18.4 Å². The highest BCUT2D eigenvalue weighted by Crippen LogP contribution is 2.41. The van der Waals surface area contributed by atoms with Crippen LogP contribution in [0, 0.1) is 6.92 Å². The fourth-order valence-electron chi connectivity index (χ4n) is 3.38. The molecular weight excluding hydrogens is 292 g/mol. The Labute approximate surface area is 136 Å². The van der Waals surface area contributed by atoms with Gasteiger partial charge in [0.1, 0.15) is 11.5 Å². The summed E-state index contributed by atoms with van der Waals surface area (Å²) in [6.45, 7) is 2.39. The van der Waals surface area contributed by atoms with Gasteiger partial charge >= 0.3 is 0 Å². The van der Waals surface area contributed by atoms with Gasteiger partial charge in [-0.2, -0.15) is 0 Å². The lowest BCUT2D eigenvalue weighted by molar-refractivity contribution is 0.0934. The summed E-state index contributed by atoms with van der Waals surface area (Å²) in [6.07, 6.45) is 4.53. The standard InChI is InChI=1S/C18H22N2O3/c1-13-11-16(20-23-13)17(21)19-12-18(9-3-4-10-18)14-5-7-15(22-2)8-6-14/h5-8,11H,3-4,9-10,12H2,1-2H3,(H,19,21). The summed E-state index contributed by atoms with van der Waals surface area (Å²) in [5.74, 6) is 1.31. The van der Waals surface area contributed by atoms with E-state index in [0.29, 0.717) is 18.0 Å². The summed E-state index contributed by atoms with van der Waals surface area (Å²) in [5.41, 5.74) is 1.60. The van der Waals surface area contributed by atoms with Crippen LogP contribution < -0.4 is 10.1 Å². The molecule has 1 heterocycles. The van der Waals surface area contributed by atoms with E-state index < -0.39 is 0 Å². The topological polar surface area (TPSA) is 64.4 Å². The van der Waals surface area contributed by atoms with Gasteiger partial charge in [-0.1, -0.05) is 30.1 Å². The predicted octanol–water partition coefficient (Wildman–Crippen LogP) is 3.23. The molecule has 2 aromatic rings. The number of aryl methyl sites for hydroxylation is 1. The number of nitrogens with zero attached hydrogens (tertiary/aromatic N) is 1. The number of nitrogens with one attached hydrogen (secondary N) is 1. The molecule has 1 aliphatic carbocycles. The van der Waals surface area contributed by atoms with E-state index in [1.807, 2.05) is 12.1 Å². The third-order valence-corrected chi connectivity index (χ3v) is 4.71. The van der Waals surface area contributed by atoms with Crippen molar-refractivity contribution >= 4 is 5.91 Å². The Kier molecular flexibility index (Phi) is 4.37. The van der Waals surface area contributed by atoms with Crippen molar-refractivity contribution in [3.05, 3.63) is 47.3 Å². The number of benzene rings is 1. The maximum atomic E-state index is 12.2. The molecule has 23 heavy (non-hydrogen) atoms. The summed E-state index contributed by atoms with van der Waals surface area (Å²) in [7, 11) is 1.67. The Morgan fingerprint density at radius 1 is 1.30 bits per heavy atom. The van der Waals surface area contributed by atoms with Gasteiger partial charge in [0.15, 0.2) is 5.69 Å². The molecule has 0 unspecified atom stereocenters. The van der Waals surface area contributed by atoms with Gasteiger partial charge in [-0.15, -0.1) is 0 Å². The van der Waals surface area contributed by atoms with Crippen molar-refractivity contribution in [3.8, 4) is 5.75 Å². The van der Waals surface area contributed by atoms with Gasteiger partial charge in [0.05, 0.1) is 7.11 Å². The van der Waals surface area contributed by atoms with E-state index in [0.717, 1.165) is 18.6 Å². The molecule has 1 fully saturated rings. The van der Waals surface area contributed by atoms with Crippen LogP contribution in [-0.2, 0) is 5.41 Å². The molecule has 1 saturated carbocycles. The van der Waals surface area contributed by atoms with Crippen LogP contribution in [0.2, 0.25) is 0 Å². The lowest BCUT2D eigenvalue weighted by Crippen LogP contribution is -2.39. The van der Waals surface area contributed by atoms with Crippen molar-refractivity contribution in [1.29, 1.82) is 0 Å². The second-order valence-corrected chi connectivity index (χ2v) is 6.22. The molecule has 5 nitrogen and oxygen atoms in total. The second kappa shape index (κ2) is 6.44. The average Bonchev–Trinajstić information content (AvgIpc) is 3.23. The van der Waals surface area contributed by atoms with Gasteiger partial charge in [-0.3, -0.25) is 4.79 Å². The largest absolute Gasteiger partial charge is 0.497 e. The van der Waals surface area contributed by atoms with Crippen LogP contribution in [0.1, 0.15) is 47.5 Å². The maximum absolute atomic E-state index is 12.2. The summed E-state index contributed by atoms with van der Waals surface area (Å²) in [5, 5.41) is 6.80. The number of rotatable bonds is 5. The van der Waals surface area contributed by atoms with Crippen molar-refractivity contribution in [3.63, 3.8) is 0 Å². The van der Waals surface area contributed by atoms with Crippen molar-refractivity contribution in [2.75, 3.05) is 13.7 Å². The van der Waals surface area contributed by atoms with Gasteiger partial charge in [0.2, 0.25) is 0 Å². The predicted molar refractivity (Wildman–Crippen MR) is 86.7 cm³/mol. The molecule has 1 aliphatic rings. The van der Waals surface area contributed by atoms with E-state index in [-0.39, 0.29) is 11.3 Å². The summed E-state index contributed by atoms with van der Waals surface area (Å²) in [6, 6.07) is 9.84. The van der Waals surface area contributed by atoms with Crippen LogP contribution in [0.5, 0.6) is 5.75 Å². The molecule has 122 valence electrons. The molecule has 1 amide bonds. The van der Waals surface area contributed by atoms with Crippen molar-refractivity contribution < 1.29 is 14.1 Å². The number of carbonyl (C=O) groups is 1. The minimum Gasteiger partial charge on any atom is -0.497 e. The zero-order chi connectivity index (χ0) is 16.3. The SMILES string of the molecule is COc1ccc(C2(CNC(=O)c3cc(C)on3)CCCC2)cc1. The molecule has 1 N–H and O–H groups in total. The lowest BCUT2D eigenvalue weighted by Gasteiger charge is -2.30. The molecule has 0 bridgehead atoms. The Bertz CT molecular complexity index is 670. The molecule has 0 radical (unpaired) electrons. The highest BCUT2D eigenvalue weighted by molar-refractivity contribution is 5.92. The zero-order valence-corrected chi connectivity index (χ0v) is 13.6. The Morgan fingerprint density at radius 3 is 2.57 bits per heavy atom. The summed E-state index contributed by atoms with van der Waals surface area (Å²) >= 11 is 0. The molecular formula is C18H22N2O3. The van der Waals surface area contributed by atoms with E-state index >= 15 is 0 Å². The van der Waals surface area contributed by atoms with E-state index in [1.54, 1.807) is 20.1 Å². The van der Waals surface area contributed by atoms with Crippen LogP contribution in [0.4, 0.5) is 0 Å². The molecule has 1 aromatic carbocycles. The molecule has 0 aliphatic heterocycles. The number of methoxy groups -OCH3 is 1. The monoisotopic (exact) mass is 314 g/mol. The number of hydrogen-bond donors (Lipinski definition) is 1. The van der Waals surface area contributed by atoms with Gasteiger partial charge in [0, 0.05) is 18.0 Å². The molecule has 5 heteroatoms. The summed E-state index contributed by atoms with van der Waals surface area (Å²) < 4.78 is 10.2. The lowest BCUT2D eigenvalue weighted by atomic mass is 9.78. The Balaban J connectivity index is 1.74. The first-order valence-corrected chi connectivity index (χ1v) is 7.99. The molecule has 1 aromatic heterocycles. The highest BCUT2D eigenvalue weighted by atomic mass is 16.5. The average molecular weight is 314 g/mol. The van der Waals surface area contributed by atoms with E-state index in [2.05, 4.69) is 22.6 Å². The van der Waals surface area contributed by atoms with Gasteiger partial charge in [-0.05, 0) is 37.5 Å². The third-order valence-electron chi connectivity index (χ3n) is 4.71. The fraction of sp³-hybridized carbons (Fsp3) is 0.444. The maximum Gasteiger partial charge on any atom is 0.273 e. The molecule has 0 spiro atoms. The normalized spacial score (nSPS) is 16.3. The van der Waals surface area contributed by atoms with Gasteiger partial charge in [-0.25, -0.2) is 0 Å². The Morgan fingerprint density at radius 2 is 2.00 bits per heavy atom. The molecule has 0 saturated heterocycles. The van der Waals surface area contributed by atoms with Gasteiger partial charge < -0.3 is 14.6 Å². The number of hydrogen-bond acceptors (Lipinski definition) is 4. The van der Waals surface area contributed by atoms with Crippen LogP contribution >= 0.6 is 0 Å². The number of amides is 1. The van der Waals surface area contributed by atoms with Crippen LogP contribution in [0.15, 0.2) is 34.9 Å². The summed E-state index contributed by atoms with van der Waals surface area (Å²) in [4.78, 5) is 12.2. The number of ether oxygens (including phenoxy) is 1. The van der Waals surface area contributed by atoms with E-state index in [4.69, 9.17) is 9.26 Å². The van der Waals surface area contributed by atoms with E-state index in [9.17, 15) is 4.79 Å². The molecule has 0 atom stereocenters. The quantitative estimate of drug-likeness (QED) is 0.920. The van der Waals surface area contributed by atoms with Crippen molar-refractivity contribution in [2.24, 2.45) is 0 Å². The first-order valence-electron chi connectivity index (χ1n) is 7.99. The zero-order valence-electron chi connectivity index (χ0n) is 13.6. The molecule has 3 rings (SSSR count). The second-order valence-electron chi connectivity index (χ2n) is 6.22. The minimum absolute atomic E-state index is 0.000706. The number of carbonyl (C=O) groups excluding carboxylic acids is 1. The first kappa shape index (κ1) is 15.6. The smallest absolute Gasteiger partial charge is 0.273 e. The first-order chi connectivity index (χ1) is 11.1. The Hall–Kier alpha value is -2.30. The third kappa shape index (κ3) is 3.23. The minimum atomic E-state index is -0.179. The highest BCUT2D eigenvalue weighted by Gasteiger charge is 2.36. The van der Waals surface area contributed by atoms with Crippen LogP contribution in [0.3, 0.4) is 0 Å². The van der Waals surface area contributed by atoms with Gasteiger partial charge in [0.25, 0.3) is 5.91 Å². The van der Waals surface area contributed by atoms with Crippen LogP contribution in [-0.4, -0.2) is 24.7 Å².